The molecule has 1 aliphatic rings. The van der Waals surface area contributed by atoms with Crippen LogP contribution in [0, 0.1) is 5.82 Å². The van der Waals surface area contributed by atoms with Crippen LogP contribution >= 0.6 is 0 Å². The number of ether oxygens (including phenoxy) is 3. The van der Waals surface area contributed by atoms with Crippen molar-refractivity contribution in [3.8, 4) is 17.2 Å². The van der Waals surface area contributed by atoms with Gasteiger partial charge in [0.1, 0.15) is 5.82 Å². The third-order valence-electron chi connectivity index (χ3n) is 6.88. The molecule has 0 unspecified atom stereocenters. The average Bonchev–Trinajstić information content (AvgIpc) is 2.99. The van der Waals surface area contributed by atoms with Crippen molar-refractivity contribution in [3.05, 3.63) is 83.7 Å². The number of hydrogen-bond acceptors (Lipinski definition) is 7. The highest BCUT2D eigenvalue weighted by Gasteiger charge is 2.29. The van der Waals surface area contributed by atoms with Crippen molar-refractivity contribution in [3.63, 3.8) is 0 Å². The van der Waals surface area contributed by atoms with Crippen LogP contribution in [0.3, 0.4) is 0 Å². The van der Waals surface area contributed by atoms with Crippen LogP contribution in [0.4, 0.5) is 4.39 Å². The van der Waals surface area contributed by atoms with Gasteiger partial charge in [-0.05, 0) is 42.0 Å². The van der Waals surface area contributed by atoms with Gasteiger partial charge in [-0.25, -0.2) is 12.8 Å². The standard InChI is InChI=1S/C29H34FN3O6S/c1-37-26-19-23(20-27(38-2)28(26)39-3)29(34)32(21-22-9-11-24(30)12-10-22)16-13-31-14-17-33(18-15-31)40(35,36)25-7-5-4-6-8-25/h4-12,19-20H,13-18,21H2,1-3H3. The minimum atomic E-state index is -3.55. The zero-order chi connectivity index (χ0) is 28.7. The molecule has 3 aromatic carbocycles. The first-order valence-electron chi connectivity index (χ1n) is 12.9. The first-order chi connectivity index (χ1) is 19.3. The first-order valence-corrected chi connectivity index (χ1v) is 14.3. The van der Waals surface area contributed by atoms with Crippen molar-refractivity contribution >= 4 is 15.9 Å². The largest absolute Gasteiger partial charge is 0.493 e. The zero-order valence-electron chi connectivity index (χ0n) is 22.9. The number of sulfonamides is 1. The molecule has 1 amide bonds. The average molecular weight is 572 g/mol. The van der Waals surface area contributed by atoms with E-state index in [0.717, 1.165) is 5.56 Å². The summed E-state index contributed by atoms with van der Waals surface area (Å²) in [6, 6.07) is 17.7. The molecule has 9 nitrogen and oxygen atoms in total. The van der Waals surface area contributed by atoms with Crippen LogP contribution in [0.5, 0.6) is 17.2 Å². The molecule has 0 radical (unpaired) electrons. The molecule has 4 rings (SSSR count). The monoisotopic (exact) mass is 571 g/mol. The SMILES string of the molecule is COc1cc(C(=O)N(CCN2CCN(S(=O)(=O)c3ccccc3)CC2)Cc2ccc(F)cc2)cc(OC)c1OC. The van der Waals surface area contributed by atoms with E-state index in [1.807, 2.05) is 0 Å². The quantitative estimate of drug-likeness (QED) is 0.348. The van der Waals surface area contributed by atoms with Crippen molar-refractivity contribution in [2.45, 2.75) is 11.4 Å². The molecule has 0 spiro atoms. The highest BCUT2D eigenvalue weighted by molar-refractivity contribution is 7.89. The molecule has 1 fully saturated rings. The minimum Gasteiger partial charge on any atom is -0.493 e. The summed E-state index contributed by atoms with van der Waals surface area (Å²) in [5.74, 6) is 0.503. The maximum atomic E-state index is 13.8. The van der Waals surface area contributed by atoms with Gasteiger partial charge in [0.05, 0.1) is 26.2 Å². The van der Waals surface area contributed by atoms with E-state index in [1.54, 1.807) is 59.5 Å². The number of rotatable bonds is 11. The van der Waals surface area contributed by atoms with Gasteiger partial charge < -0.3 is 19.1 Å². The molecule has 0 N–H and O–H groups in total. The van der Waals surface area contributed by atoms with E-state index in [4.69, 9.17) is 14.2 Å². The second-order valence-electron chi connectivity index (χ2n) is 9.33. The highest BCUT2D eigenvalue weighted by atomic mass is 32.2. The van der Waals surface area contributed by atoms with Crippen molar-refractivity contribution in [2.24, 2.45) is 0 Å². The molecular formula is C29H34FN3O6S. The number of piperazine rings is 1. The Labute approximate surface area is 234 Å². The summed E-state index contributed by atoms with van der Waals surface area (Å²) >= 11 is 0. The number of carbonyl (C=O) groups excluding carboxylic acids is 1. The van der Waals surface area contributed by atoms with Gasteiger partial charge in [0.15, 0.2) is 11.5 Å². The number of benzene rings is 3. The van der Waals surface area contributed by atoms with Gasteiger partial charge in [-0.1, -0.05) is 30.3 Å². The summed E-state index contributed by atoms with van der Waals surface area (Å²) in [7, 11) is 0.913. The molecule has 11 heteroatoms. The number of amides is 1. The molecule has 1 aliphatic heterocycles. The summed E-state index contributed by atoms with van der Waals surface area (Å²) in [5, 5.41) is 0. The molecule has 214 valence electrons. The smallest absolute Gasteiger partial charge is 0.254 e. The molecule has 1 heterocycles. The van der Waals surface area contributed by atoms with Crippen molar-refractivity contribution in [2.75, 3.05) is 60.6 Å². The molecular weight excluding hydrogens is 537 g/mol. The topological polar surface area (TPSA) is 88.6 Å². The van der Waals surface area contributed by atoms with Crippen LogP contribution in [-0.4, -0.2) is 89.0 Å². The number of nitrogens with zero attached hydrogens (tertiary/aromatic N) is 3. The lowest BCUT2D eigenvalue weighted by Crippen LogP contribution is -2.50. The van der Waals surface area contributed by atoms with Gasteiger partial charge in [-0.15, -0.1) is 0 Å². The Balaban J connectivity index is 1.48. The maximum Gasteiger partial charge on any atom is 0.254 e. The number of halogens is 1. The molecule has 1 saturated heterocycles. The van der Waals surface area contributed by atoms with E-state index in [9.17, 15) is 17.6 Å². The summed E-state index contributed by atoms with van der Waals surface area (Å²) in [6.45, 7) is 2.96. The van der Waals surface area contributed by atoms with E-state index in [2.05, 4.69) is 4.90 Å². The molecule has 40 heavy (non-hydrogen) atoms. The third kappa shape index (κ3) is 6.72. The Morgan fingerprint density at radius 2 is 1.48 bits per heavy atom. The van der Waals surface area contributed by atoms with Gasteiger partial charge in [0, 0.05) is 51.4 Å². The lowest BCUT2D eigenvalue weighted by Gasteiger charge is -2.35. The zero-order valence-corrected chi connectivity index (χ0v) is 23.7. The van der Waals surface area contributed by atoms with Crippen molar-refractivity contribution in [1.29, 1.82) is 0 Å². The molecule has 3 aromatic rings. The lowest BCUT2D eigenvalue weighted by atomic mass is 10.1. The number of hydrogen-bond donors (Lipinski definition) is 0. The number of carbonyl (C=O) groups is 1. The van der Waals surface area contributed by atoms with E-state index in [0.29, 0.717) is 62.1 Å². The first kappa shape index (κ1) is 29.3. The van der Waals surface area contributed by atoms with Gasteiger partial charge in [0.25, 0.3) is 5.91 Å². The normalized spacial score (nSPS) is 14.5. The second-order valence-corrected chi connectivity index (χ2v) is 11.3. The van der Waals surface area contributed by atoms with E-state index < -0.39 is 10.0 Å². The predicted molar refractivity (Wildman–Crippen MR) is 149 cm³/mol. The molecule has 0 aliphatic carbocycles. The lowest BCUT2D eigenvalue weighted by molar-refractivity contribution is 0.0709. The molecule has 0 atom stereocenters. The second kappa shape index (κ2) is 13.1. The predicted octanol–water partition coefficient (Wildman–Crippen LogP) is 3.50. The number of methoxy groups -OCH3 is 3. The maximum absolute atomic E-state index is 13.8. The van der Waals surface area contributed by atoms with Crippen LogP contribution < -0.4 is 14.2 Å². The van der Waals surface area contributed by atoms with Crippen molar-refractivity contribution < 1.29 is 31.8 Å². The van der Waals surface area contributed by atoms with Gasteiger partial charge in [0.2, 0.25) is 15.8 Å². The molecule has 0 bridgehead atoms. The fourth-order valence-corrected chi connectivity index (χ4v) is 6.09. The summed E-state index contributed by atoms with van der Waals surface area (Å²) in [4.78, 5) is 17.9. The fraction of sp³-hybridized carbons (Fsp3) is 0.345. The Kier molecular flexibility index (Phi) is 9.62. The Morgan fingerprint density at radius 3 is 2.02 bits per heavy atom. The third-order valence-corrected chi connectivity index (χ3v) is 8.80. The van der Waals surface area contributed by atoms with Crippen LogP contribution in [0.15, 0.2) is 71.6 Å². The Bertz CT molecular complexity index is 1370. The Morgan fingerprint density at radius 1 is 0.875 bits per heavy atom. The van der Waals surface area contributed by atoms with Crippen LogP contribution in [0.2, 0.25) is 0 Å². The fourth-order valence-electron chi connectivity index (χ4n) is 4.65. The summed E-state index contributed by atoms with van der Waals surface area (Å²) in [6.07, 6.45) is 0. The van der Waals surface area contributed by atoms with E-state index >= 15 is 0 Å². The van der Waals surface area contributed by atoms with E-state index in [1.165, 1.54) is 37.8 Å². The molecule has 0 aromatic heterocycles. The van der Waals surface area contributed by atoms with Crippen molar-refractivity contribution in [1.82, 2.24) is 14.1 Å². The minimum absolute atomic E-state index is 0.256. The van der Waals surface area contributed by atoms with Crippen LogP contribution in [0.1, 0.15) is 15.9 Å². The van der Waals surface area contributed by atoms with Crippen LogP contribution in [0.25, 0.3) is 0 Å². The highest BCUT2D eigenvalue weighted by Crippen LogP contribution is 2.38. The molecule has 0 saturated carbocycles. The van der Waals surface area contributed by atoms with Gasteiger partial charge in [-0.2, -0.15) is 4.31 Å². The van der Waals surface area contributed by atoms with Crippen LogP contribution in [-0.2, 0) is 16.6 Å². The van der Waals surface area contributed by atoms with Gasteiger partial charge in [-0.3, -0.25) is 9.69 Å². The van der Waals surface area contributed by atoms with E-state index in [-0.39, 0.29) is 23.2 Å². The Hall–Kier alpha value is -3.67. The summed E-state index contributed by atoms with van der Waals surface area (Å²) in [5.41, 5.74) is 1.14. The summed E-state index contributed by atoms with van der Waals surface area (Å²) < 4.78 is 57.2. The van der Waals surface area contributed by atoms with Gasteiger partial charge >= 0.3 is 0 Å².